The Bertz CT molecular complexity index is 193. The Kier molecular flexibility index (Phi) is 27.3. The van der Waals surface area contributed by atoms with Gasteiger partial charge in [0.05, 0.1) is 11.7 Å². The summed E-state index contributed by atoms with van der Waals surface area (Å²) >= 11 is 0. The minimum absolute atomic E-state index is 0.0961. The lowest BCUT2D eigenvalue weighted by molar-refractivity contribution is 0.0521. The van der Waals surface area contributed by atoms with Crippen LogP contribution in [-0.4, -0.2) is 33.6 Å². The van der Waals surface area contributed by atoms with Gasteiger partial charge in [-0.05, 0) is 39.5 Å². The van der Waals surface area contributed by atoms with Crippen LogP contribution in [0.2, 0.25) is 0 Å². The predicted molar refractivity (Wildman–Crippen MR) is 107 cm³/mol. The number of unbranched alkanes of at least 4 members (excludes halogenated alkanes) is 7. The van der Waals surface area contributed by atoms with Gasteiger partial charge in [-0.3, -0.25) is 0 Å². The highest BCUT2D eigenvalue weighted by molar-refractivity contribution is 4.65. The van der Waals surface area contributed by atoms with Crippen molar-refractivity contribution in [2.75, 3.05) is 6.61 Å². The molecular formula is C21H48O3. The maximum atomic E-state index is 9.13. The van der Waals surface area contributed by atoms with Crippen LogP contribution in [0.5, 0.6) is 0 Å². The molecule has 3 nitrogen and oxygen atoms in total. The largest absolute Gasteiger partial charge is 0.396 e. The molecule has 3 heteroatoms. The molecular weight excluding hydrogens is 300 g/mol. The fraction of sp³-hybridized carbons (Fsp3) is 1.00. The molecule has 0 aromatic rings. The third-order valence-electron chi connectivity index (χ3n) is 4.26. The summed E-state index contributed by atoms with van der Waals surface area (Å²) in [5, 5.41) is 26.3. The molecule has 1 unspecified atom stereocenters. The summed E-state index contributed by atoms with van der Waals surface area (Å²) in [6.07, 6.45) is 13.8. The van der Waals surface area contributed by atoms with E-state index in [-0.39, 0.29) is 6.10 Å². The summed E-state index contributed by atoms with van der Waals surface area (Å²) in [5.74, 6) is 0. The molecule has 0 aliphatic carbocycles. The molecule has 0 aliphatic heterocycles. The summed E-state index contributed by atoms with van der Waals surface area (Å²) in [6, 6.07) is 0. The van der Waals surface area contributed by atoms with Gasteiger partial charge in [0.1, 0.15) is 0 Å². The van der Waals surface area contributed by atoms with Gasteiger partial charge in [-0.15, -0.1) is 0 Å². The summed E-state index contributed by atoms with van der Waals surface area (Å²) in [5.41, 5.74) is -0.417. The Morgan fingerprint density at radius 2 is 1.17 bits per heavy atom. The SMILES string of the molecule is CCC(C)(O)CC.CCCCCCCCC(C)O.CCCCCO. The third kappa shape index (κ3) is 33.5. The second-order valence-electron chi connectivity index (χ2n) is 7.04. The zero-order valence-corrected chi connectivity index (χ0v) is 17.6. The number of hydrogen-bond donors (Lipinski definition) is 3. The van der Waals surface area contributed by atoms with E-state index in [1.54, 1.807) is 0 Å². The van der Waals surface area contributed by atoms with Gasteiger partial charge in [0, 0.05) is 6.61 Å². The van der Waals surface area contributed by atoms with Gasteiger partial charge >= 0.3 is 0 Å². The van der Waals surface area contributed by atoms with E-state index >= 15 is 0 Å². The van der Waals surface area contributed by atoms with E-state index in [1.165, 1.54) is 44.9 Å². The van der Waals surface area contributed by atoms with Gasteiger partial charge in [0.2, 0.25) is 0 Å². The van der Waals surface area contributed by atoms with Crippen molar-refractivity contribution in [2.45, 2.75) is 130 Å². The Morgan fingerprint density at radius 3 is 1.46 bits per heavy atom. The van der Waals surface area contributed by atoms with Crippen molar-refractivity contribution in [1.29, 1.82) is 0 Å². The lowest BCUT2D eigenvalue weighted by Crippen LogP contribution is -2.20. The van der Waals surface area contributed by atoms with Gasteiger partial charge in [0.25, 0.3) is 0 Å². The van der Waals surface area contributed by atoms with Gasteiger partial charge in [-0.2, -0.15) is 0 Å². The predicted octanol–water partition coefficient (Wildman–Crippen LogP) is 5.84. The Hall–Kier alpha value is -0.120. The molecule has 0 fully saturated rings. The highest BCUT2D eigenvalue weighted by Gasteiger charge is 2.12. The number of aliphatic hydroxyl groups excluding tert-OH is 2. The average Bonchev–Trinajstić information content (AvgIpc) is 2.57. The van der Waals surface area contributed by atoms with Gasteiger partial charge < -0.3 is 15.3 Å². The molecule has 0 saturated heterocycles. The monoisotopic (exact) mass is 348 g/mol. The highest BCUT2D eigenvalue weighted by Crippen LogP contribution is 2.11. The number of rotatable bonds is 12. The van der Waals surface area contributed by atoms with Crippen molar-refractivity contribution >= 4 is 0 Å². The molecule has 0 heterocycles. The molecule has 3 N–H and O–H groups in total. The van der Waals surface area contributed by atoms with Crippen LogP contribution in [0.3, 0.4) is 0 Å². The Labute approximate surface area is 152 Å². The van der Waals surface area contributed by atoms with Crippen LogP contribution in [0.1, 0.15) is 119 Å². The van der Waals surface area contributed by atoms with Crippen LogP contribution in [0.4, 0.5) is 0 Å². The molecule has 0 radical (unpaired) electrons. The van der Waals surface area contributed by atoms with E-state index in [4.69, 9.17) is 15.3 Å². The first-order chi connectivity index (χ1) is 11.3. The molecule has 0 bridgehead atoms. The van der Waals surface area contributed by atoms with E-state index in [1.807, 2.05) is 27.7 Å². The lowest BCUT2D eigenvalue weighted by atomic mass is 10.0. The zero-order chi connectivity index (χ0) is 19.3. The van der Waals surface area contributed by atoms with Gasteiger partial charge in [0.15, 0.2) is 0 Å². The smallest absolute Gasteiger partial charge is 0.0614 e. The molecule has 0 amide bonds. The molecule has 24 heavy (non-hydrogen) atoms. The molecule has 0 rings (SSSR count). The normalized spacial score (nSPS) is 11.9. The van der Waals surface area contributed by atoms with Crippen molar-refractivity contribution in [2.24, 2.45) is 0 Å². The minimum atomic E-state index is -0.417. The van der Waals surface area contributed by atoms with E-state index in [9.17, 15) is 0 Å². The van der Waals surface area contributed by atoms with Crippen LogP contribution in [-0.2, 0) is 0 Å². The van der Waals surface area contributed by atoms with Crippen LogP contribution in [0, 0.1) is 0 Å². The van der Waals surface area contributed by atoms with Crippen molar-refractivity contribution in [1.82, 2.24) is 0 Å². The fourth-order valence-electron chi connectivity index (χ4n) is 1.83. The minimum Gasteiger partial charge on any atom is -0.396 e. The standard InChI is InChI=1S/C10H22O.C6H14O.C5H12O/c1-3-4-5-6-7-8-9-10(2)11;1-4-6(3,7)5-2;1-2-3-4-5-6/h10-11H,3-9H2,1-2H3;7H,4-5H2,1-3H3;6H,2-5H2,1H3. The maximum Gasteiger partial charge on any atom is 0.0614 e. The zero-order valence-electron chi connectivity index (χ0n) is 17.6. The average molecular weight is 349 g/mol. The first-order valence-corrected chi connectivity index (χ1v) is 10.3. The Balaban J connectivity index is -0.000000294. The first-order valence-electron chi connectivity index (χ1n) is 10.3. The summed E-state index contributed by atoms with van der Waals surface area (Å²) in [7, 11) is 0. The summed E-state index contributed by atoms with van der Waals surface area (Å²) in [4.78, 5) is 0. The van der Waals surface area contributed by atoms with E-state index in [0.717, 1.165) is 32.1 Å². The van der Waals surface area contributed by atoms with Crippen molar-refractivity contribution in [3.63, 3.8) is 0 Å². The number of aliphatic hydroxyl groups is 3. The van der Waals surface area contributed by atoms with E-state index in [2.05, 4.69) is 13.8 Å². The first kappa shape index (κ1) is 28.7. The molecule has 0 aromatic carbocycles. The van der Waals surface area contributed by atoms with E-state index in [0.29, 0.717) is 6.61 Å². The van der Waals surface area contributed by atoms with Crippen molar-refractivity contribution in [3.8, 4) is 0 Å². The topological polar surface area (TPSA) is 60.7 Å². The molecule has 0 spiro atoms. The summed E-state index contributed by atoms with van der Waals surface area (Å²) in [6.45, 7) is 12.4. The van der Waals surface area contributed by atoms with Crippen LogP contribution >= 0.6 is 0 Å². The maximum absolute atomic E-state index is 9.13. The van der Waals surface area contributed by atoms with Crippen LogP contribution in [0.25, 0.3) is 0 Å². The quantitative estimate of drug-likeness (QED) is 0.388. The van der Waals surface area contributed by atoms with E-state index < -0.39 is 5.60 Å². The van der Waals surface area contributed by atoms with Crippen molar-refractivity contribution in [3.05, 3.63) is 0 Å². The second-order valence-corrected chi connectivity index (χ2v) is 7.04. The molecule has 0 aliphatic rings. The Morgan fingerprint density at radius 1 is 0.750 bits per heavy atom. The molecule has 0 aromatic heterocycles. The lowest BCUT2D eigenvalue weighted by Gasteiger charge is -2.17. The van der Waals surface area contributed by atoms with Crippen LogP contribution < -0.4 is 0 Å². The molecule has 1 atom stereocenters. The molecule has 150 valence electrons. The highest BCUT2D eigenvalue weighted by atomic mass is 16.3. The van der Waals surface area contributed by atoms with Crippen LogP contribution in [0.15, 0.2) is 0 Å². The number of hydrogen-bond acceptors (Lipinski definition) is 3. The third-order valence-corrected chi connectivity index (χ3v) is 4.26. The molecule has 0 saturated carbocycles. The van der Waals surface area contributed by atoms with Gasteiger partial charge in [-0.25, -0.2) is 0 Å². The summed E-state index contributed by atoms with van der Waals surface area (Å²) < 4.78 is 0. The van der Waals surface area contributed by atoms with Crippen molar-refractivity contribution < 1.29 is 15.3 Å². The second kappa shape index (κ2) is 22.9. The fourth-order valence-corrected chi connectivity index (χ4v) is 1.83. The van der Waals surface area contributed by atoms with Gasteiger partial charge in [-0.1, -0.05) is 79.1 Å².